The quantitative estimate of drug-likeness (QED) is 0.755. The summed E-state index contributed by atoms with van der Waals surface area (Å²) in [6.45, 7) is 3.29. The van der Waals surface area contributed by atoms with Gasteiger partial charge >= 0.3 is 5.97 Å². The van der Waals surface area contributed by atoms with Gasteiger partial charge in [0, 0.05) is 4.90 Å². The van der Waals surface area contributed by atoms with Crippen LogP contribution in [0, 0.1) is 0 Å². The molecule has 0 unspecified atom stereocenters. The molecule has 14 heavy (non-hydrogen) atoms. The van der Waals surface area contributed by atoms with Gasteiger partial charge in [0.15, 0.2) is 0 Å². The molecule has 0 aliphatic heterocycles. The standard InChI is InChI=1S/C10H12O3S/c1-10(2,9(12)13)14-8-5-3-7(11)4-6-8/h3-6,11H,1-2H3,(H,12,13). The predicted molar refractivity (Wildman–Crippen MR) is 55.7 cm³/mol. The molecule has 0 bridgehead atoms. The molecular formula is C10H12O3S. The van der Waals surface area contributed by atoms with E-state index >= 15 is 0 Å². The number of hydrogen-bond donors (Lipinski definition) is 2. The largest absolute Gasteiger partial charge is 0.508 e. The molecule has 1 aromatic rings. The van der Waals surface area contributed by atoms with Crippen molar-refractivity contribution in [1.29, 1.82) is 0 Å². The van der Waals surface area contributed by atoms with Crippen LogP contribution >= 0.6 is 11.8 Å². The molecule has 0 atom stereocenters. The number of carboxylic acid groups (broad SMARTS) is 1. The average molecular weight is 212 g/mol. The van der Waals surface area contributed by atoms with E-state index in [9.17, 15) is 4.79 Å². The fourth-order valence-corrected chi connectivity index (χ4v) is 1.80. The third kappa shape index (κ3) is 2.67. The summed E-state index contributed by atoms with van der Waals surface area (Å²) in [6, 6.07) is 6.48. The Bertz CT molecular complexity index is 330. The summed E-state index contributed by atoms with van der Waals surface area (Å²) in [6.07, 6.45) is 0. The van der Waals surface area contributed by atoms with Gasteiger partial charge in [-0.2, -0.15) is 0 Å². The Labute approximate surface area is 86.8 Å². The van der Waals surface area contributed by atoms with Gasteiger partial charge in [0.05, 0.1) is 0 Å². The van der Waals surface area contributed by atoms with Gasteiger partial charge in [-0.1, -0.05) is 0 Å². The molecule has 0 amide bonds. The number of rotatable bonds is 3. The minimum absolute atomic E-state index is 0.183. The molecule has 0 saturated heterocycles. The molecular weight excluding hydrogens is 200 g/mol. The van der Waals surface area contributed by atoms with E-state index in [1.807, 2.05) is 0 Å². The van der Waals surface area contributed by atoms with Crippen LogP contribution < -0.4 is 0 Å². The second kappa shape index (κ2) is 3.92. The first kappa shape index (κ1) is 10.9. The Morgan fingerprint density at radius 1 is 1.29 bits per heavy atom. The Morgan fingerprint density at radius 2 is 1.79 bits per heavy atom. The van der Waals surface area contributed by atoms with Crippen LogP contribution in [0.25, 0.3) is 0 Å². The summed E-state index contributed by atoms with van der Waals surface area (Å²) in [5, 5.41) is 17.9. The van der Waals surface area contributed by atoms with E-state index < -0.39 is 10.7 Å². The van der Waals surface area contributed by atoms with Crippen LogP contribution in [0.3, 0.4) is 0 Å². The van der Waals surface area contributed by atoms with E-state index in [2.05, 4.69) is 0 Å². The number of thioether (sulfide) groups is 1. The van der Waals surface area contributed by atoms with E-state index in [4.69, 9.17) is 10.2 Å². The minimum Gasteiger partial charge on any atom is -0.508 e. The molecule has 76 valence electrons. The van der Waals surface area contributed by atoms with E-state index in [-0.39, 0.29) is 5.75 Å². The molecule has 0 radical (unpaired) electrons. The summed E-state index contributed by atoms with van der Waals surface area (Å²) in [5.41, 5.74) is 0. The van der Waals surface area contributed by atoms with Crippen molar-refractivity contribution in [3.05, 3.63) is 24.3 Å². The molecule has 3 nitrogen and oxygen atoms in total. The highest BCUT2D eigenvalue weighted by molar-refractivity contribution is 8.01. The van der Waals surface area contributed by atoms with Gasteiger partial charge in [0.1, 0.15) is 10.5 Å². The minimum atomic E-state index is -0.851. The molecule has 0 aromatic heterocycles. The lowest BCUT2D eigenvalue weighted by molar-refractivity contribution is -0.138. The van der Waals surface area contributed by atoms with Gasteiger partial charge in [0.25, 0.3) is 0 Å². The highest BCUT2D eigenvalue weighted by atomic mass is 32.2. The molecule has 0 spiro atoms. The summed E-state index contributed by atoms with van der Waals surface area (Å²) in [4.78, 5) is 11.7. The van der Waals surface area contributed by atoms with Gasteiger partial charge in [-0.05, 0) is 38.1 Å². The number of carboxylic acids is 1. The normalized spacial score (nSPS) is 11.3. The molecule has 1 rings (SSSR count). The maximum Gasteiger partial charge on any atom is 0.319 e. The van der Waals surface area contributed by atoms with Crippen LogP contribution in [0.2, 0.25) is 0 Å². The van der Waals surface area contributed by atoms with Crippen molar-refractivity contribution in [3.63, 3.8) is 0 Å². The lowest BCUT2D eigenvalue weighted by atomic mass is 10.2. The van der Waals surface area contributed by atoms with Crippen LogP contribution in [-0.4, -0.2) is 20.9 Å². The van der Waals surface area contributed by atoms with Gasteiger partial charge in [0.2, 0.25) is 0 Å². The molecule has 4 heteroatoms. The van der Waals surface area contributed by atoms with Crippen LogP contribution in [0.5, 0.6) is 5.75 Å². The zero-order valence-corrected chi connectivity index (χ0v) is 8.84. The number of aliphatic carboxylic acids is 1. The third-order valence-corrected chi connectivity index (χ3v) is 2.92. The summed E-state index contributed by atoms with van der Waals surface area (Å²) >= 11 is 1.25. The van der Waals surface area contributed by atoms with Crippen LogP contribution in [-0.2, 0) is 4.79 Å². The third-order valence-electron chi connectivity index (χ3n) is 1.72. The predicted octanol–water partition coefficient (Wildman–Crippen LogP) is 2.35. The first-order chi connectivity index (χ1) is 6.42. The van der Waals surface area contributed by atoms with Crippen molar-refractivity contribution in [1.82, 2.24) is 0 Å². The Hall–Kier alpha value is -1.16. The number of hydrogen-bond acceptors (Lipinski definition) is 3. The Morgan fingerprint density at radius 3 is 2.21 bits per heavy atom. The van der Waals surface area contributed by atoms with E-state index in [0.29, 0.717) is 0 Å². The second-order valence-corrected chi connectivity index (χ2v) is 5.11. The van der Waals surface area contributed by atoms with Crippen molar-refractivity contribution < 1.29 is 15.0 Å². The van der Waals surface area contributed by atoms with Crippen LogP contribution in [0.1, 0.15) is 13.8 Å². The van der Waals surface area contributed by atoms with Crippen molar-refractivity contribution in [2.75, 3.05) is 0 Å². The van der Waals surface area contributed by atoms with Crippen LogP contribution in [0.15, 0.2) is 29.2 Å². The SMILES string of the molecule is CC(C)(Sc1ccc(O)cc1)C(=O)O. The van der Waals surface area contributed by atoms with Gasteiger partial charge in [-0.3, -0.25) is 4.79 Å². The fourth-order valence-electron chi connectivity index (χ4n) is 0.852. The number of phenols is 1. The topological polar surface area (TPSA) is 57.5 Å². The highest BCUT2D eigenvalue weighted by Crippen LogP contribution is 2.33. The van der Waals surface area contributed by atoms with E-state index in [1.54, 1.807) is 38.1 Å². The zero-order chi connectivity index (χ0) is 10.8. The Balaban J connectivity index is 2.79. The van der Waals surface area contributed by atoms with Gasteiger partial charge in [-0.15, -0.1) is 11.8 Å². The fraction of sp³-hybridized carbons (Fsp3) is 0.300. The van der Waals surface area contributed by atoms with Crippen LogP contribution in [0.4, 0.5) is 0 Å². The molecule has 0 heterocycles. The molecule has 1 aromatic carbocycles. The smallest absolute Gasteiger partial charge is 0.319 e. The summed E-state index contributed by atoms with van der Waals surface area (Å²) in [7, 11) is 0. The second-order valence-electron chi connectivity index (χ2n) is 3.41. The molecule has 0 saturated carbocycles. The van der Waals surface area contributed by atoms with Crippen molar-refractivity contribution in [2.24, 2.45) is 0 Å². The number of benzene rings is 1. The first-order valence-corrected chi connectivity index (χ1v) is 4.95. The monoisotopic (exact) mass is 212 g/mol. The van der Waals surface area contributed by atoms with Gasteiger partial charge in [-0.25, -0.2) is 0 Å². The summed E-state index contributed by atoms with van der Waals surface area (Å²) in [5.74, 6) is -0.668. The van der Waals surface area contributed by atoms with E-state index in [0.717, 1.165) is 4.90 Å². The molecule has 0 aliphatic rings. The number of carbonyl (C=O) groups is 1. The lowest BCUT2D eigenvalue weighted by Crippen LogP contribution is -2.26. The molecule has 0 fully saturated rings. The Kier molecular flexibility index (Phi) is 3.06. The average Bonchev–Trinajstić information content (AvgIpc) is 2.08. The van der Waals surface area contributed by atoms with Crippen molar-refractivity contribution >= 4 is 17.7 Å². The summed E-state index contributed by atoms with van der Waals surface area (Å²) < 4.78 is -0.850. The van der Waals surface area contributed by atoms with Crippen molar-refractivity contribution in [3.8, 4) is 5.75 Å². The van der Waals surface area contributed by atoms with Crippen molar-refractivity contribution in [2.45, 2.75) is 23.5 Å². The highest BCUT2D eigenvalue weighted by Gasteiger charge is 2.28. The lowest BCUT2D eigenvalue weighted by Gasteiger charge is -2.18. The van der Waals surface area contributed by atoms with Gasteiger partial charge < -0.3 is 10.2 Å². The maximum atomic E-state index is 10.8. The maximum absolute atomic E-state index is 10.8. The zero-order valence-electron chi connectivity index (χ0n) is 8.02. The first-order valence-electron chi connectivity index (χ1n) is 4.13. The molecule has 0 aliphatic carbocycles. The number of aromatic hydroxyl groups is 1. The number of phenolic OH excluding ortho intramolecular Hbond substituents is 1. The van der Waals surface area contributed by atoms with E-state index in [1.165, 1.54) is 11.8 Å². The molecule has 2 N–H and O–H groups in total.